The van der Waals surface area contributed by atoms with E-state index in [1.807, 2.05) is 34.6 Å². The Balaban J connectivity index is 0.000000168. The van der Waals surface area contributed by atoms with Crippen LogP contribution in [-0.2, 0) is 85.6 Å². The lowest BCUT2D eigenvalue weighted by molar-refractivity contribution is -0.187. The number of carbonyl (C=O) groups excluding carboxylic acids is 5. The van der Waals surface area contributed by atoms with E-state index >= 15 is 0 Å². The minimum absolute atomic E-state index is 0.0269. The molecule has 5 aliphatic heterocycles. The molecule has 11 rings (SSSR count). The Hall–Kier alpha value is -4.42. The van der Waals surface area contributed by atoms with Crippen molar-refractivity contribution in [2.24, 2.45) is 11.8 Å². The van der Waals surface area contributed by atoms with E-state index in [9.17, 15) is 69.6 Å². The van der Waals surface area contributed by atoms with Crippen molar-refractivity contribution in [2.45, 2.75) is 257 Å². The highest BCUT2D eigenvalue weighted by Crippen LogP contribution is 2.47. The molecule has 0 amide bonds. The number of carbonyl (C=O) groups is 6. The van der Waals surface area contributed by atoms with E-state index in [4.69, 9.17) is 58.3 Å². The van der Waals surface area contributed by atoms with Gasteiger partial charge in [0.2, 0.25) is 0 Å². The summed E-state index contributed by atoms with van der Waals surface area (Å²) in [4.78, 5) is 67.1. The Morgan fingerprint density at radius 1 is 0.460 bits per heavy atom. The number of hydrogen-bond donors (Lipinski definition) is 12. The van der Waals surface area contributed by atoms with Crippen LogP contribution in [-0.4, -0.2) is 263 Å². The van der Waals surface area contributed by atoms with Crippen LogP contribution in [0, 0.1) is 11.8 Å². The summed E-state index contributed by atoms with van der Waals surface area (Å²) >= 11 is 0. The average molecular weight is 1250 g/mol. The Morgan fingerprint density at radius 2 is 0.885 bits per heavy atom. The van der Waals surface area contributed by atoms with E-state index in [2.05, 4.69) is 18.9 Å². The molecule has 12 N–H and O–H groups in total. The van der Waals surface area contributed by atoms with Gasteiger partial charge in [0, 0.05) is 62.5 Å². The van der Waals surface area contributed by atoms with Crippen LogP contribution in [0.3, 0.4) is 0 Å². The fourth-order valence-electron chi connectivity index (χ4n) is 12.6. The SMILES string of the molecule is CC1(C)O[C@H]2[C@H]3C[C@@](O)(C[C@H]2O1)C(=O)O3.COC(=O)C1(O)CC(O)C2OC(C)(C)OC2C1.COC(=O)C1(O)CC2OC(C)(C)OC2[C@H](C)C1.COC(=O)C1=CC(O)C(O)[C@H](C)C1.COC(=O)C1=CC(O)C2OC2C1.O=C(O)C1(O)CC(O)C(O)C(O)C1. The number of aliphatic carboxylic acids is 1. The third-order valence-corrected chi connectivity index (χ3v) is 16.9. The van der Waals surface area contributed by atoms with E-state index in [1.54, 1.807) is 20.8 Å². The molecule has 30 heteroatoms. The van der Waals surface area contributed by atoms with Crippen LogP contribution < -0.4 is 0 Å². The maximum absolute atomic E-state index is 11.6. The van der Waals surface area contributed by atoms with Crippen LogP contribution in [0.2, 0.25) is 0 Å². The quantitative estimate of drug-likeness (QED) is 0.0769. The number of fused-ring (bicyclic) bond motifs is 7. The van der Waals surface area contributed by atoms with Crippen LogP contribution in [0.1, 0.15) is 120 Å². The molecule has 5 saturated heterocycles. The monoisotopic (exact) mass is 1250 g/mol. The third-order valence-electron chi connectivity index (χ3n) is 16.9. The second-order valence-electron chi connectivity index (χ2n) is 25.4. The van der Waals surface area contributed by atoms with Crippen molar-refractivity contribution in [3.63, 3.8) is 0 Å². The molecule has 11 aliphatic rings. The van der Waals surface area contributed by atoms with Crippen molar-refractivity contribution in [1.29, 1.82) is 0 Å². The number of esters is 5. The summed E-state index contributed by atoms with van der Waals surface area (Å²) < 4.78 is 62.4. The summed E-state index contributed by atoms with van der Waals surface area (Å²) in [5.41, 5.74) is -5.68. The molecule has 30 nitrogen and oxygen atoms in total. The molecule has 9 fully saturated rings. The molecule has 0 aromatic carbocycles. The molecule has 0 spiro atoms. The summed E-state index contributed by atoms with van der Waals surface area (Å²) in [5.74, 6) is -6.34. The van der Waals surface area contributed by atoms with Gasteiger partial charge in [-0.3, -0.25) is 0 Å². The smallest absolute Gasteiger partial charge is 0.338 e. The van der Waals surface area contributed by atoms with Gasteiger partial charge >= 0.3 is 35.8 Å². The van der Waals surface area contributed by atoms with Crippen LogP contribution in [0.4, 0.5) is 0 Å². The normalized spacial score (nSPS) is 43.3. The van der Waals surface area contributed by atoms with Crippen LogP contribution in [0.15, 0.2) is 23.3 Å². The minimum atomic E-state index is -2.14. The highest BCUT2D eigenvalue weighted by Gasteiger charge is 2.63. The summed E-state index contributed by atoms with van der Waals surface area (Å²) in [5, 5.41) is 114. The fraction of sp³-hybridized carbons (Fsp3) is 0.825. The van der Waals surface area contributed by atoms with Crippen molar-refractivity contribution in [3.8, 4) is 0 Å². The lowest BCUT2D eigenvalue weighted by atomic mass is 9.75. The third kappa shape index (κ3) is 16.8. The van der Waals surface area contributed by atoms with Crippen molar-refractivity contribution in [2.75, 3.05) is 28.4 Å². The first-order valence-corrected chi connectivity index (χ1v) is 28.7. The number of ether oxygens (including phenoxy) is 12. The Kier molecular flexibility index (Phi) is 22.4. The Morgan fingerprint density at radius 3 is 1.36 bits per heavy atom. The lowest BCUT2D eigenvalue weighted by Crippen LogP contribution is -2.56. The van der Waals surface area contributed by atoms with Gasteiger partial charge in [-0.05, 0) is 78.4 Å². The molecule has 4 saturated carbocycles. The molecule has 6 aliphatic carbocycles. The molecular weight excluding hydrogens is 1160 g/mol. The highest BCUT2D eigenvalue weighted by atomic mass is 16.8. The van der Waals surface area contributed by atoms with Gasteiger partial charge in [0.25, 0.3) is 0 Å². The predicted octanol–water partition coefficient (Wildman–Crippen LogP) is -2.49. The first-order valence-electron chi connectivity index (χ1n) is 28.7. The number of carboxylic acids is 1. The van der Waals surface area contributed by atoms with Gasteiger partial charge in [-0.1, -0.05) is 13.8 Å². The van der Waals surface area contributed by atoms with Crippen molar-refractivity contribution in [3.05, 3.63) is 23.3 Å². The summed E-state index contributed by atoms with van der Waals surface area (Å²) in [6.45, 7) is 14.5. The fourth-order valence-corrected chi connectivity index (χ4v) is 12.6. The maximum Gasteiger partial charge on any atom is 0.338 e. The van der Waals surface area contributed by atoms with E-state index in [-0.39, 0.29) is 86.2 Å². The summed E-state index contributed by atoms with van der Waals surface area (Å²) in [6.07, 6.45) is -5.65. The van der Waals surface area contributed by atoms with Crippen molar-refractivity contribution >= 4 is 35.8 Å². The summed E-state index contributed by atoms with van der Waals surface area (Å²) in [6, 6.07) is 0. The van der Waals surface area contributed by atoms with Crippen LogP contribution in [0.5, 0.6) is 0 Å². The van der Waals surface area contributed by atoms with Gasteiger partial charge in [-0.15, -0.1) is 0 Å². The molecule has 14 unspecified atom stereocenters. The number of hydrogen-bond acceptors (Lipinski definition) is 29. The molecule has 5 heterocycles. The van der Waals surface area contributed by atoms with Crippen LogP contribution >= 0.6 is 0 Å². The van der Waals surface area contributed by atoms with Gasteiger partial charge in [-0.25, -0.2) is 28.8 Å². The largest absolute Gasteiger partial charge is 0.479 e. The average Bonchev–Trinajstić information content (AvgIpc) is 1.72. The second kappa shape index (κ2) is 27.2. The van der Waals surface area contributed by atoms with Gasteiger partial charge in [-0.2, -0.15) is 0 Å². The van der Waals surface area contributed by atoms with Crippen molar-refractivity contribution < 1.29 is 147 Å². The number of aliphatic hydroxyl groups excluding tert-OH is 7. The van der Waals surface area contributed by atoms with E-state index in [0.717, 1.165) is 0 Å². The second-order valence-corrected chi connectivity index (χ2v) is 25.4. The lowest BCUT2D eigenvalue weighted by Gasteiger charge is -2.38. The number of aliphatic hydroxyl groups is 11. The summed E-state index contributed by atoms with van der Waals surface area (Å²) in [7, 11) is 5.11. The zero-order chi connectivity index (χ0) is 65.5. The van der Waals surface area contributed by atoms with Crippen molar-refractivity contribution in [1.82, 2.24) is 0 Å². The first kappa shape index (κ1) is 71.7. The zero-order valence-corrected chi connectivity index (χ0v) is 50.8. The molecule has 2 bridgehead atoms. The van der Waals surface area contributed by atoms with E-state index in [1.165, 1.54) is 40.6 Å². The molecule has 0 aromatic heterocycles. The van der Waals surface area contributed by atoms with Crippen LogP contribution in [0.25, 0.3) is 0 Å². The standard InChI is InChI=1S/C12H20O5.C11H18O6.C10H14O5.C9H14O4.C8H10O4.C7H12O6/c1-7-5-12(14,10(13)15-4)6-8-9(7)17-11(2,3)16-8;1-10(2)16-7-5-11(14,9(13)15-3)4-6(12)8(7)17-10;1-9(2)14-6-4-10(12)3-5(7(6)15-9)13-8(10)11;1-5-3-6(9(12)13-2)4-7(10)8(5)11;1-11-8(10)4-2-5(9)7-6(3-4)12-7;8-3-1-7(13,6(11)12)2-4(9)5(3)10/h7-9,14H,5-6H2,1-4H3;6-8,12,14H,4-5H2,1-3H3;5-7,12H,3-4H2,1-2H3;4-5,7-8,10-11H,3H2,1-2H3;2,5-7,9H,3H2,1H3;3-5,8-10,13H,1-2H2,(H,11,12)/t7-,8?,9?,12?;;5-,6-,7+,10-;5-,7?,8?;;/m1.11../s1. The molecule has 20 atom stereocenters. The molecule has 0 aromatic rings. The molecular formula is C57H88O30. The first-order chi connectivity index (χ1) is 40.1. The predicted molar refractivity (Wildman–Crippen MR) is 288 cm³/mol. The van der Waals surface area contributed by atoms with Gasteiger partial charge in [0.05, 0.1) is 89.5 Å². The topological polar surface area (TPSA) is 459 Å². The Labute approximate surface area is 502 Å². The van der Waals surface area contributed by atoms with Gasteiger partial charge in [0.1, 0.15) is 36.6 Å². The maximum atomic E-state index is 11.6. The zero-order valence-electron chi connectivity index (χ0n) is 50.8. The van der Waals surface area contributed by atoms with Gasteiger partial charge in [0.15, 0.2) is 39.8 Å². The number of methoxy groups -OCH3 is 4. The highest BCUT2D eigenvalue weighted by molar-refractivity contribution is 5.89. The molecule has 496 valence electrons. The number of rotatable bonds is 5. The molecule has 0 radical (unpaired) electrons. The Bertz CT molecular complexity index is 2470. The number of epoxide rings is 1. The number of carboxylic acid groups (broad SMARTS) is 1. The van der Waals surface area contributed by atoms with E-state index in [0.29, 0.717) is 36.8 Å². The van der Waals surface area contributed by atoms with Gasteiger partial charge < -0.3 is 118 Å². The van der Waals surface area contributed by atoms with E-state index < -0.39 is 137 Å². The minimum Gasteiger partial charge on any atom is -0.479 e. The molecule has 87 heavy (non-hydrogen) atoms.